The van der Waals surface area contributed by atoms with Crippen LogP contribution < -0.4 is 0 Å². The van der Waals surface area contributed by atoms with Crippen molar-refractivity contribution in [3.63, 3.8) is 0 Å². The third-order valence-corrected chi connectivity index (χ3v) is 5.84. The standard InChI is InChI=1S/C18H17ClFN3O2S2/c1-2-23(9-16-21-18(22-25-16)15-4-3-7-27-15)17(24)11-26-10-12-5-6-13(19)8-14(12)20/h3-8H,2,9-11H2,1H3. The van der Waals surface area contributed by atoms with Gasteiger partial charge in [0.05, 0.1) is 17.2 Å². The normalized spacial score (nSPS) is 10.9. The fraction of sp³-hybridized carbons (Fsp3) is 0.278. The number of aromatic nitrogens is 2. The minimum absolute atomic E-state index is 0.0623. The summed E-state index contributed by atoms with van der Waals surface area (Å²) in [6, 6.07) is 8.38. The van der Waals surface area contributed by atoms with Gasteiger partial charge in [0.1, 0.15) is 5.82 Å². The number of carbonyl (C=O) groups is 1. The van der Waals surface area contributed by atoms with Gasteiger partial charge in [0, 0.05) is 17.3 Å². The van der Waals surface area contributed by atoms with E-state index in [0.29, 0.717) is 34.6 Å². The lowest BCUT2D eigenvalue weighted by Crippen LogP contribution is -2.31. The molecule has 0 radical (unpaired) electrons. The Kier molecular flexibility index (Phi) is 6.87. The molecule has 0 fully saturated rings. The number of nitrogens with zero attached hydrogens (tertiary/aromatic N) is 3. The van der Waals surface area contributed by atoms with Crippen LogP contribution >= 0.6 is 34.7 Å². The molecule has 1 amide bonds. The molecule has 0 saturated heterocycles. The van der Waals surface area contributed by atoms with E-state index in [2.05, 4.69) is 10.1 Å². The Morgan fingerprint density at radius 1 is 1.41 bits per heavy atom. The molecule has 5 nitrogen and oxygen atoms in total. The molecule has 0 aliphatic carbocycles. The molecule has 3 aromatic rings. The van der Waals surface area contributed by atoms with Crippen LogP contribution in [0.5, 0.6) is 0 Å². The topological polar surface area (TPSA) is 59.2 Å². The van der Waals surface area contributed by atoms with E-state index in [1.165, 1.54) is 29.2 Å². The van der Waals surface area contributed by atoms with E-state index >= 15 is 0 Å². The first-order chi connectivity index (χ1) is 13.1. The number of thioether (sulfide) groups is 1. The highest BCUT2D eigenvalue weighted by Crippen LogP contribution is 2.22. The van der Waals surface area contributed by atoms with Gasteiger partial charge in [-0.1, -0.05) is 28.9 Å². The summed E-state index contributed by atoms with van der Waals surface area (Å²) in [5.74, 6) is 1.13. The average molecular weight is 426 g/mol. The lowest BCUT2D eigenvalue weighted by Gasteiger charge is -2.18. The third-order valence-electron chi connectivity index (χ3n) is 3.77. The van der Waals surface area contributed by atoms with Gasteiger partial charge in [0.2, 0.25) is 17.6 Å². The lowest BCUT2D eigenvalue weighted by molar-refractivity contribution is -0.129. The molecule has 1 aromatic carbocycles. The van der Waals surface area contributed by atoms with E-state index in [0.717, 1.165) is 4.88 Å². The maximum Gasteiger partial charge on any atom is 0.246 e. The predicted octanol–water partition coefficient (Wildman–Crippen LogP) is 4.87. The Hall–Kier alpha value is -1.90. The molecule has 2 heterocycles. The Labute approximate surface area is 169 Å². The summed E-state index contributed by atoms with van der Waals surface area (Å²) in [6.07, 6.45) is 0. The van der Waals surface area contributed by atoms with Crippen molar-refractivity contribution in [2.45, 2.75) is 19.2 Å². The summed E-state index contributed by atoms with van der Waals surface area (Å²) >= 11 is 8.62. The summed E-state index contributed by atoms with van der Waals surface area (Å²) in [6.45, 7) is 2.66. The van der Waals surface area contributed by atoms with Gasteiger partial charge in [-0.3, -0.25) is 4.79 Å². The number of hydrogen-bond donors (Lipinski definition) is 0. The second kappa shape index (κ2) is 9.34. The molecule has 142 valence electrons. The molecule has 0 spiro atoms. The van der Waals surface area contributed by atoms with Crippen molar-refractivity contribution in [2.24, 2.45) is 0 Å². The first-order valence-corrected chi connectivity index (χ1v) is 10.6. The van der Waals surface area contributed by atoms with Crippen molar-refractivity contribution in [1.29, 1.82) is 0 Å². The SMILES string of the molecule is CCN(Cc1nc(-c2cccs2)no1)C(=O)CSCc1ccc(Cl)cc1F. The van der Waals surface area contributed by atoms with Crippen molar-refractivity contribution in [2.75, 3.05) is 12.3 Å². The quantitative estimate of drug-likeness (QED) is 0.515. The molecule has 3 rings (SSSR count). The minimum Gasteiger partial charge on any atom is -0.337 e. The van der Waals surface area contributed by atoms with Crippen LogP contribution in [-0.4, -0.2) is 33.2 Å². The Morgan fingerprint density at radius 3 is 2.96 bits per heavy atom. The van der Waals surface area contributed by atoms with E-state index < -0.39 is 0 Å². The summed E-state index contributed by atoms with van der Waals surface area (Å²) in [7, 11) is 0. The van der Waals surface area contributed by atoms with Gasteiger partial charge < -0.3 is 9.42 Å². The number of benzene rings is 1. The summed E-state index contributed by atoms with van der Waals surface area (Å²) < 4.78 is 19.0. The van der Waals surface area contributed by atoms with E-state index in [1.54, 1.807) is 17.0 Å². The van der Waals surface area contributed by atoms with E-state index in [9.17, 15) is 9.18 Å². The van der Waals surface area contributed by atoms with Crippen LogP contribution in [0.3, 0.4) is 0 Å². The van der Waals surface area contributed by atoms with Crippen LogP contribution in [0.15, 0.2) is 40.2 Å². The number of carbonyl (C=O) groups excluding carboxylic acids is 1. The van der Waals surface area contributed by atoms with Crippen LogP contribution in [0.25, 0.3) is 10.7 Å². The zero-order valence-corrected chi connectivity index (χ0v) is 16.9. The fourth-order valence-electron chi connectivity index (χ4n) is 2.34. The van der Waals surface area contributed by atoms with Gasteiger partial charge in [-0.2, -0.15) is 4.98 Å². The van der Waals surface area contributed by atoms with Gasteiger partial charge in [0.25, 0.3) is 0 Å². The molecule has 0 saturated carbocycles. The second-order valence-corrected chi connectivity index (χ2v) is 8.00. The summed E-state index contributed by atoms with van der Waals surface area (Å²) in [5, 5.41) is 6.25. The van der Waals surface area contributed by atoms with Crippen molar-refractivity contribution >= 4 is 40.6 Å². The summed E-state index contributed by atoms with van der Waals surface area (Å²) in [5.41, 5.74) is 0.526. The molecule has 0 aliphatic heterocycles. The van der Waals surface area contributed by atoms with Crippen LogP contribution in [-0.2, 0) is 17.1 Å². The lowest BCUT2D eigenvalue weighted by atomic mass is 10.2. The van der Waals surface area contributed by atoms with E-state index in [1.807, 2.05) is 24.4 Å². The average Bonchev–Trinajstić information content (AvgIpc) is 3.32. The predicted molar refractivity (Wildman–Crippen MR) is 106 cm³/mol. The fourth-order valence-corrected chi connectivity index (χ4v) is 4.06. The van der Waals surface area contributed by atoms with Crippen molar-refractivity contribution in [1.82, 2.24) is 15.0 Å². The zero-order chi connectivity index (χ0) is 19.2. The summed E-state index contributed by atoms with van der Waals surface area (Å²) in [4.78, 5) is 19.3. The monoisotopic (exact) mass is 425 g/mol. The second-order valence-electron chi connectivity index (χ2n) is 5.63. The van der Waals surface area contributed by atoms with Gasteiger partial charge >= 0.3 is 0 Å². The van der Waals surface area contributed by atoms with Gasteiger partial charge in [0.15, 0.2) is 0 Å². The number of rotatable bonds is 8. The first kappa shape index (κ1) is 19.9. The van der Waals surface area contributed by atoms with Crippen molar-refractivity contribution in [3.05, 3.63) is 58.0 Å². The highest BCUT2D eigenvalue weighted by molar-refractivity contribution is 7.99. The van der Waals surface area contributed by atoms with E-state index in [4.69, 9.17) is 16.1 Å². The zero-order valence-electron chi connectivity index (χ0n) is 14.5. The molecule has 27 heavy (non-hydrogen) atoms. The molecule has 0 aliphatic rings. The van der Waals surface area contributed by atoms with Crippen LogP contribution in [0.4, 0.5) is 4.39 Å². The van der Waals surface area contributed by atoms with Gasteiger partial charge in [-0.25, -0.2) is 4.39 Å². The van der Waals surface area contributed by atoms with Crippen LogP contribution in [0, 0.1) is 5.82 Å². The number of amides is 1. The Balaban J connectivity index is 1.53. The maximum atomic E-state index is 13.8. The smallest absolute Gasteiger partial charge is 0.246 e. The number of thiophene rings is 1. The molecular formula is C18H17ClFN3O2S2. The largest absolute Gasteiger partial charge is 0.337 e. The van der Waals surface area contributed by atoms with Gasteiger partial charge in [-0.15, -0.1) is 23.1 Å². The first-order valence-electron chi connectivity index (χ1n) is 8.22. The molecule has 9 heteroatoms. The molecule has 0 unspecified atom stereocenters. The Bertz CT molecular complexity index is 902. The molecular weight excluding hydrogens is 409 g/mol. The number of hydrogen-bond acceptors (Lipinski definition) is 6. The van der Waals surface area contributed by atoms with E-state index in [-0.39, 0.29) is 24.0 Å². The highest BCUT2D eigenvalue weighted by Gasteiger charge is 2.17. The highest BCUT2D eigenvalue weighted by atomic mass is 35.5. The minimum atomic E-state index is -0.359. The van der Waals surface area contributed by atoms with Crippen molar-refractivity contribution in [3.8, 4) is 10.7 Å². The number of halogens is 2. The molecule has 0 N–H and O–H groups in total. The van der Waals surface area contributed by atoms with Crippen LogP contribution in [0.1, 0.15) is 18.4 Å². The Morgan fingerprint density at radius 2 is 2.26 bits per heavy atom. The molecule has 0 bridgehead atoms. The van der Waals surface area contributed by atoms with Crippen LogP contribution in [0.2, 0.25) is 5.02 Å². The maximum absolute atomic E-state index is 13.8. The molecule has 0 atom stereocenters. The van der Waals surface area contributed by atoms with Gasteiger partial charge in [-0.05, 0) is 36.1 Å². The third kappa shape index (κ3) is 5.31. The molecule has 2 aromatic heterocycles. The van der Waals surface area contributed by atoms with Crippen molar-refractivity contribution < 1.29 is 13.7 Å².